The number of hydrogen-bond acceptors (Lipinski definition) is 5. The van der Waals surface area contributed by atoms with Gasteiger partial charge in [0.25, 0.3) is 11.8 Å². The molecule has 2 aromatic rings. The molecule has 0 unspecified atom stereocenters. The molecule has 1 saturated heterocycles. The van der Waals surface area contributed by atoms with Crippen molar-refractivity contribution in [3.8, 4) is 0 Å². The SMILES string of the molecule is Cc1ccc(C(=O)Nc2ccc(C(=O)NNC(=O)[C@@H]3[C@H](C(=O)O)[C@H]4C=C[C@@]3(C)O4)cc2)cc1. The number of carboxylic acid groups (broad SMARTS) is 1. The van der Waals surface area contributed by atoms with Crippen LogP contribution in [-0.4, -0.2) is 40.5 Å². The van der Waals surface area contributed by atoms with Gasteiger partial charge in [-0.1, -0.05) is 29.8 Å². The molecule has 0 spiro atoms. The minimum absolute atomic E-state index is 0.244. The van der Waals surface area contributed by atoms with Gasteiger partial charge in [0, 0.05) is 16.8 Å². The van der Waals surface area contributed by atoms with Gasteiger partial charge in [-0.25, -0.2) is 0 Å². The van der Waals surface area contributed by atoms with E-state index in [2.05, 4.69) is 16.2 Å². The highest BCUT2D eigenvalue weighted by Crippen LogP contribution is 2.46. The Morgan fingerprint density at radius 2 is 1.52 bits per heavy atom. The number of carbonyl (C=O) groups excluding carboxylic acids is 3. The molecule has 2 aliphatic rings. The van der Waals surface area contributed by atoms with Crippen molar-refractivity contribution >= 4 is 29.4 Å². The van der Waals surface area contributed by atoms with Gasteiger partial charge >= 0.3 is 5.97 Å². The third-order valence-electron chi connectivity index (χ3n) is 5.92. The summed E-state index contributed by atoms with van der Waals surface area (Å²) in [5.41, 5.74) is 5.88. The first kappa shape index (κ1) is 22.2. The molecule has 4 N–H and O–H groups in total. The number of aryl methyl sites for hydroxylation is 1. The zero-order valence-corrected chi connectivity index (χ0v) is 18.0. The van der Waals surface area contributed by atoms with Gasteiger partial charge in [-0.15, -0.1) is 0 Å². The van der Waals surface area contributed by atoms with Crippen LogP contribution in [0.5, 0.6) is 0 Å². The lowest BCUT2D eigenvalue weighted by Crippen LogP contribution is -2.52. The van der Waals surface area contributed by atoms with Crippen LogP contribution in [0.3, 0.4) is 0 Å². The highest BCUT2D eigenvalue weighted by Gasteiger charge is 2.59. The molecule has 33 heavy (non-hydrogen) atoms. The number of amides is 3. The Morgan fingerprint density at radius 1 is 0.909 bits per heavy atom. The van der Waals surface area contributed by atoms with Gasteiger partial charge in [0.2, 0.25) is 5.91 Å². The molecule has 2 bridgehead atoms. The van der Waals surface area contributed by atoms with E-state index in [9.17, 15) is 24.3 Å². The van der Waals surface area contributed by atoms with Crippen LogP contribution in [-0.2, 0) is 14.3 Å². The monoisotopic (exact) mass is 449 g/mol. The fraction of sp³-hybridized carbons (Fsp3) is 0.250. The number of rotatable bonds is 5. The Morgan fingerprint density at radius 3 is 2.15 bits per heavy atom. The largest absolute Gasteiger partial charge is 0.481 e. The van der Waals surface area contributed by atoms with Crippen LogP contribution in [0, 0.1) is 18.8 Å². The third-order valence-corrected chi connectivity index (χ3v) is 5.92. The minimum atomic E-state index is -1.14. The van der Waals surface area contributed by atoms with Gasteiger partial charge in [0.05, 0.1) is 17.6 Å². The van der Waals surface area contributed by atoms with Crippen molar-refractivity contribution in [3.63, 3.8) is 0 Å². The highest BCUT2D eigenvalue weighted by molar-refractivity contribution is 6.04. The van der Waals surface area contributed by atoms with Crippen molar-refractivity contribution in [1.82, 2.24) is 10.9 Å². The van der Waals surface area contributed by atoms with E-state index in [-0.39, 0.29) is 11.5 Å². The third kappa shape index (κ3) is 4.35. The molecule has 2 aliphatic heterocycles. The second-order valence-electron chi connectivity index (χ2n) is 8.31. The van der Waals surface area contributed by atoms with E-state index >= 15 is 0 Å². The molecule has 3 amide bonds. The van der Waals surface area contributed by atoms with Crippen molar-refractivity contribution < 1.29 is 29.0 Å². The van der Waals surface area contributed by atoms with Crippen LogP contribution in [0.4, 0.5) is 5.69 Å². The first-order chi connectivity index (χ1) is 15.7. The molecule has 9 heteroatoms. The van der Waals surface area contributed by atoms with Crippen molar-refractivity contribution in [2.75, 3.05) is 5.32 Å². The van der Waals surface area contributed by atoms with Crippen LogP contribution in [0.15, 0.2) is 60.7 Å². The van der Waals surface area contributed by atoms with E-state index in [1.807, 2.05) is 19.1 Å². The fourth-order valence-corrected chi connectivity index (χ4v) is 4.16. The lowest BCUT2D eigenvalue weighted by molar-refractivity contribution is -0.147. The summed E-state index contributed by atoms with van der Waals surface area (Å²) >= 11 is 0. The molecular formula is C24H23N3O6. The van der Waals surface area contributed by atoms with Gasteiger partial charge in [-0.05, 0) is 50.2 Å². The average molecular weight is 449 g/mol. The summed E-state index contributed by atoms with van der Waals surface area (Å²) in [6, 6.07) is 13.3. The molecule has 170 valence electrons. The maximum atomic E-state index is 12.7. The molecular weight excluding hydrogens is 426 g/mol. The zero-order chi connectivity index (χ0) is 23.8. The van der Waals surface area contributed by atoms with Crippen molar-refractivity contribution in [2.24, 2.45) is 11.8 Å². The Labute approximate surface area is 189 Å². The number of ether oxygens (including phenoxy) is 1. The number of hydrogen-bond donors (Lipinski definition) is 4. The minimum Gasteiger partial charge on any atom is -0.481 e. The van der Waals surface area contributed by atoms with E-state index in [0.717, 1.165) is 5.56 Å². The quantitative estimate of drug-likeness (QED) is 0.408. The van der Waals surface area contributed by atoms with Gasteiger partial charge in [0.15, 0.2) is 0 Å². The maximum absolute atomic E-state index is 12.7. The van der Waals surface area contributed by atoms with E-state index < -0.39 is 41.3 Å². The summed E-state index contributed by atoms with van der Waals surface area (Å²) in [5.74, 6) is -4.66. The molecule has 2 heterocycles. The number of nitrogens with one attached hydrogen (secondary N) is 3. The second kappa shape index (κ2) is 8.51. The highest BCUT2D eigenvalue weighted by atomic mass is 16.5. The van der Waals surface area contributed by atoms with Gasteiger partial charge in [0.1, 0.15) is 5.92 Å². The van der Waals surface area contributed by atoms with Crippen LogP contribution >= 0.6 is 0 Å². The Balaban J connectivity index is 1.35. The summed E-state index contributed by atoms with van der Waals surface area (Å²) < 4.78 is 5.64. The molecule has 0 aliphatic carbocycles. The smallest absolute Gasteiger partial charge is 0.310 e. The molecule has 0 saturated carbocycles. The normalized spacial score (nSPS) is 24.8. The summed E-state index contributed by atoms with van der Waals surface area (Å²) in [6.07, 6.45) is 2.63. The van der Waals surface area contributed by atoms with Crippen molar-refractivity contribution in [2.45, 2.75) is 25.6 Å². The van der Waals surface area contributed by atoms with E-state index in [1.54, 1.807) is 43.3 Å². The van der Waals surface area contributed by atoms with E-state index in [0.29, 0.717) is 11.3 Å². The lowest BCUT2D eigenvalue weighted by atomic mass is 9.76. The summed E-state index contributed by atoms with van der Waals surface area (Å²) in [6.45, 7) is 3.57. The second-order valence-corrected chi connectivity index (χ2v) is 8.31. The summed E-state index contributed by atoms with van der Waals surface area (Å²) in [7, 11) is 0. The number of carbonyl (C=O) groups is 4. The number of benzene rings is 2. The molecule has 0 aromatic heterocycles. The number of aliphatic carboxylic acids is 1. The number of fused-ring (bicyclic) bond motifs is 2. The molecule has 0 radical (unpaired) electrons. The van der Waals surface area contributed by atoms with Crippen LogP contribution in [0.25, 0.3) is 0 Å². The molecule has 4 atom stereocenters. The van der Waals surface area contributed by atoms with Gasteiger partial charge in [-0.3, -0.25) is 30.0 Å². The summed E-state index contributed by atoms with van der Waals surface area (Å²) in [4.78, 5) is 49.0. The first-order valence-electron chi connectivity index (χ1n) is 10.4. The number of anilines is 1. The van der Waals surface area contributed by atoms with E-state index in [1.165, 1.54) is 12.1 Å². The predicted molar refractivity (Wildman–Crippen MR) is 118 cm³/mol. The van der Waals surface area contributed by atoms with Crippen LogP contribution < -0.4 is 16.2 Å². The Bertz CT molecular complexity index is 1140. The maximum Gasteiger partial charge on any atom is 0.310 e. The molecule has 2 aromatic carbocycles. The Hall–Kier alpha value is -3.98. The predicted octanol–water partition coefficient (Wildman–Crippen LogP) is 2.05. The zero-order valence-electron chi connectivity index (χ0n) is 18.0. The molecule has 9 nitrogen and oxygen atoms in total. The van der Waals surface area contributed by atoms with Gasteiger partial charge in [-0.2, -0.15) is 0 Å². The van der Waals surface area contributed by atoms with Crippen molar-refractivity contribution in [1.29, 1.82) is 0 Å². The van der Waals surface area contributed by atoms with Crippen molar-refractivity contribution in [3.05, 3.63) is 77.4 Å². The molecule has 4 rings (SSSR count). The van der Waals surface area contributed by atoms with Crippen LogP contribution in [0.2, 0.25) is 0 Å². The standard InChI is InChI=1S/C24H23N3O6/c1-13-3-5-14(6-4-13)20(28)25-16-9-7-15(8-10-16)21(29)26-27-22(30)19-18(23(31)32)17-11-12-24(19,2)33-17/h3-12,17-19H,1-2H3,(H,25,28)(H,26,29)(H,27,30)(H,31,32)/t17-,18-,19+,24-/m1/s1. The molecule has 1 fully saturated rings. The average Bonchev–Trinajstić information content (AvgIpc) is 3.32. The fourth-order valence-electron chi connectivity index (χ4n) is 4.16. The van der Waals surface area contributed by atoms with E-state index in [4.69, 9.17) is 4.74 Å². The summed E-state index contributed by atoms with van der Waals surface area (Å²) in [5, 5.41) is 12.2. The lowest BCUT2D eigenvalue weighted by Gasteiger charge is -2.27. The number of carboxylic acids is 1. The topological polar surface area (TPSA) is 134 Å². The first-order valence-corrected chi connectivity index (χ1v) is 10.4. The van der Waals surface area contributed by atoms with Crippen LogP contribution in [0.1, 0.15) is 33.2 Å². The van der Waals surface area contributed by atoms with Gasteiger partial charge < -0.3 is 15.2 Å². The number of hydrazine groups is 1. The Kier molecular flexibility index (Phi) is 5.73.